The summed E-state index contributed by atoms with van der Waals surface area (Å²) in [5.74, 6) is -4.27. The first kappa shape index (κ1) is 23.7. The van der Waals surface area contributed by atoms with E-state index in [2.05, 4.69) is 10.3 Å². The van der Waals surface area contributed by atoms with E-state index in [0.29, 0.717) is 0 Å². The minimum absolute atomic E-state index is 0.0545. The molecular formula is C20H16Cl2F3N3O5. The van der Waals surface area contributed by atoms with Gasteiger partial charge in [0, 0.05) is 11.6 Å². The van der Waals surface area contributed by atoms with Crippen LogP contribution in [0, 0.1) is 17.5 Å². The van der Waals surface area contributed by atoms with Crippen molar-refractivity contribution in [3.05, 3.63) is 64.0 Å². The van der Waals surface area contributed by atoms with Gasteiger partial charge in [-0.3, -0.25) is 0 Å². The standard InChI is InChI=1S/C20H16Cl2F3N3O5/c21-10-2-1-9(5-11(10)22)32-20-19(31)17(18(30)15(7-29)33-20)28-6-14(26-27-28)8-3-12(23)16(25)13(24)4-8/h1-6,15,17-20,29-31H,7H2/t15-,17+,18+,19-,20+/m1/s1. The van der Waals surface area contributed by atoms with Crippen molar-refractivity contribution in [2.45, 2.75) is 30.6 Å². The van der Waals surface area contributed by atoms with E-state index in [-0.39, 0.29) is 27.1 Å². The molecule has 0 bridgehead atoms. The Morgan fingerprint density at radius 2 is 1.73 bits per heavy atom. The molecular weight excluding hydrogens is 490 g/mol. The van der Waals surface area contributed by atoms with Crippen molar-refractivity contribution in [3.63, 3.8) is 0 Å². The molecule has 2 aromatic carbocycles. The summed E-state index contributed by atoms with van der Waals surface area (Å²) in [7, 11) is 0. The molecule has 13 heteroatoms. The number of aliphatic hydroxyl groups excluding tert-OH is 3. The van der Waals surface area contributed by atoms with Gasteiger partial charge < -0.3 is 24.8 Å². The Hall–Kier alpha value is -2.41. The summed E-state index contributed by atoms with van der Waals surface area (Å²) in [6.45, 7) is -0.623. The summed E-state index contributed by atoms with van der Waals surface area (Å²) in [5, 5.41) is 39.2. The molecule has 0 unspecified atom stereocenters. The lowest BCUT2D eigenvalue weighted by molar-refractivity contribution is -0.260. The fraction of sp³-hybridized carbons (Fsp3) is 0.300. The van der Waals surface area contributed by atoms with Gasteiger partial charge in [-0.1, -0.05) is 28.4 Å². The third kappa shape index (κ3) is 4.65. The lowest BCUT2D eigenvalue weighted by Gasteiger charge is -2.41. The summed E-state index contributed by atoms with van der Waals surface area (Å²) in [6.07, 6.45) is -4.36. The van der Waals surface area contributed by atoms with Crippen LogP contribution in [0.1, 0.15) is 6.04 Å². The van der Waals surface area contributed by atoms with Gasteiger partial charge >= 0.3 is 0 Å². The number of rotatable bonds is 5. The van der Waals surface area contributed by atoms with E-state index in [1.165, 1.54) is 24.4 Å². The van der Waals surface area contributed by atoms with E-state index < -0.39 is 54.7 Å². The maximum atomic E-state index is 13.6. The summed E-state index contributed by atoms with van der Waals surface area (Å²) in [6, 6.07) is 4.56. The van der Waals surface area contributed by atoms with Crippen LogP contribution in [0.15, 0.2) is 36.5 Å². The number of nitrogens with zero attached hydrogens (tertiary/aromatic N) is 3. The molecule has 1 aromatic heterocycles. The van der Waals surface area contributed by atoms with Gasteiger partial charge in [-0.2, -0.15) is 0 Å². The number of benzene rings is 2. The normalized spacial score (nSPS) is 25.3. The van der Waals surface area contributed by atoms with Crippen LogP contribution in [-0.2, 0) is 4.74 Å². The average molecular weight is 506 g/mol. The predicted molar refractivity (Wildman–Crippen MR) is 109 cm³/mol. The zero-order valence-electron chi connectivity index (χ0n) is 16.4. The van der Waals surface area contributed by atoms with Gasteiger partial charge in [-0.05, 0) is 24.3 Å². The fourth-order valence-electron chi connectivity index (χ4n) is 3.42. The SMILES string of the molecule is OC[C@H]1O[C@H](Oc2ccc(Cl)c(Cl)c2)[C@H](O)[C@@H](n2cc(-c3cc(F)c(F)c(F)c3)nn2)[C@H]1O. The lowest BCUT2D eigenvalue weighted by Crippen LogP contribution is -2.57. The third-order valence-corrected chi connectivity index (χ3v) is 5.83. The third-order valence-electron chi connectivity index (χ3n) is 5.09. The smallest absolute Gasteiger partial charge is 0.228 e. The molecule has 3 N–H and O–H groups in total. The summed E-state index contributed by atoms with van der Waals surface area (Å²) in [5.41, 5.74) is -0.169. The van der Waals surface area contributed by atoms with Gasteiger partial charge in [-0.15, -0.1) is 5.10 Å². The molecule has 5 atom stereocenters. The average Bonchev–Trinajstić information content (AvgIpc) is 3.26. The number of halogens is 5. The van der Waals surface area contributed by atoms with Gasteiger partial charge in [0.2, 0.25) is 6.29 Å². The van der Waals surface area contributed by atoms with Gasteiger partial charge in [0.25, 0.3) is 0 Å². The second-order valence-electron chi connectivity index (χ2n) is 7.23. The van der Waals surface area contributed by atoms with Gasteiger partial charge in [0.15, 0.2) is 17.5 Å². The second kappa shape index (κ2) is 9.45. The largest absolute Gasteiger partial charge is 0.462 e. The molecule has 1 saturated heterocycles. The molecule has 1 aliphatic rings. The summed E-state index contributed by atoms with van der Waals surface area (Å²) in [4.78, 5) is 0. The first-order valence-electron chi connectivity index (χ1n) is 9.50. The molecule has 0 radical (unpaired) electrons. The Morgan fingerprint density at radius 3 is 2.36 bits per heavy atom. The van der Waals surface area contributed by atoms with Crippen LogP contribution < -0.4 is 4.74 Å². The van der Waals surface area contributed by atoms with Gasteiger partial charge in [0.1, 0.15) is 35.8 Å². The van der Waals surface area contributed by atoms with Gasteiger partial charge in [-0.25, -0.2) is 17.9 Å². The maximum absolute atomic E-state index is 13.6. The maximum Gasteiger partial charge on any atom is 0.228 e. The van der Waals surface area contributed by atoms with Crippen molar-refractivity contribution >= 4 is 23.2 Å². The highest BCUT2D eigenvalue weighted by Crippen LogP contribution is 2.34. The molecule has 1 aliphatic heterocycles. The van der Waals surface area contributed by atoms with Crippen molar-refractivity contribution in [1.82, 2.24) is 15.0 Å². The van der Waals surface area contributed by atoms with Crippen molar-refractivity contribution in [3.8, 4) is 17.0 Å². The van der Waals surface area contributed by atoms with Gasteiger partial charge in [0.05, 0.1) is 22.8 Å². The first-order chi connectivity index (χ1) is 15.7. The first-order valence-corrected chi connectivity index (χ1v) is 10.3. The number of hydrogen-bond acceptors (Lipinski definition) is 7. The highest BCUT2D eigenvalue weighted by atomic mass is 35.5. The van der Waals surface area contributed by atoms with Crippen LogP contribution in [0.5, 0.6) is 5.75 Å². The molecule has 4 rings (SSSR count). The predicted octanol–water partition coefficient (Wildman–Crippen LogP) is 2.73. The quantitative estimate of drug-likeness (QED) is 0.457. The van der Waals surface area contributed by atoms with Crippen molar-refractivity contribution in [2.75, 3.05) is 6.61 Å². The van der Waals surface area contributed by atoms with Crippen LogP contribution in [0.2, 0.25) is 10.0 Å². The van der Waals surface area contributed by atoms with Crippen molar-refractivity contribution in [1.29, 1.82) is 0 Å². The molecule has 0 saturated carbocycles. The minimum Gasteiger partial charge on any atom is -0.462 e. The van der Waals surface area contributed by atoms with Crippen LogP contribution >= 0.6 is 23.2 Å². The monoisotopic (exact) mass is 505 g/mol. The zero-order chi connectivity index (χ0) is 23.9. The summed E-state index contributed by atoms with van der Waals surface area (Å²) < 4.78 is 52.6. The molecule has 0 aliphatic carbocycles. The second-order valence-corrected chi connectivity index (χ2v) is 8.04. The molecule has 0 spiro atoms. The number of hydrogen-bond donors (Lipinski definition) is 3. The molecule has 0 amide bonds. The fourth-order valence-corrected chi connectivity index (χ4v) is 3.71. The lowest BCUT2D eigenvalue weighted by atomic mass is 9.96. The Morgan fingerprint density at radius 1 is 1.03 bits per heavy atom. The summed E-state index contributed by atoms with van der Waals surface area (Å²) >= 11 is 11.9. The molecule has 3 aromatic rings. The Labute approximate surface area is 194 Å². The van der Waals surface area contributed by atoms with Crippen LogP contribution in [-0.4, -0.2) is 61.5 Å². The molecule has 1 fully saturated rings. The van der Waals surface area contributed by atoms with E-state index in [1.807, 2.05) is 0 Å². The topological polar surface area (TPSA) is 110 Å². The van der Waals surface area contributed by atoms with Crippen molar-refractivity contribution in [2.24, 2.45) is 0 Å². The Kier molecular flexibility index (Phi) is 6.80. The van der Waals surface area contributed by atoms with E-state index >= 15 is 0 Å². The van der Waals surface area contributed by atoms with Crippen LogP contribution in [0.4, 0.5) is 13.2 Å². The number of ether oxygens (including phenoxy) is 2. The van der Waals surface area contributed by atoms with E-state index in [1.54, 1.807) is 0 Å². The van der Waals surface area contributed by atoms with E-state index in [4.69, 9.17) is 32.7 Å². The van der Waals surface area contributed by atoms with Crippen LogP contribution in [0.25, 0.3) is 11.3 Å². The zero-order valence-corrected chi connectivity index (χ0v) is 18.0. The molecule has 2 heterocycles. The molecule has 176 valence electrons. The number of aromatic nitrogens is 3. The van der Waals surface area contributed by atoms with Crippen LogP contribution in [0.3, 0.4) is 0 Å². The molecule has 8 nitrogen and oxygen atoms in total. The highest BCUT2D eigenvalue weighted by molar-refractivity contribution is 6.42. The van der Waals surface area contributed by atoms with E-state index in [9.17, 15) is 28.5 Å². The Balaban J connectivity index is 1.63. The van der Waals surface area contributed by atoms with E-state index in [0.717, 1.165) is 16.8 Å². The number of aliphatic hydroxyl groups is 3. The minimum atomic E-state index is -1.63. The Bertz CT molecular complexity index is 1140. The highest BCUT2D eigenvalue weighted by Gasteiger charge is 2.47. The van der Waals surface area contributed by atoms with Crippen molar-refractivity contribution < 1.29 is 38.0 Å². The molecule has 33 heavy (non-hydrogen) atoms.